The molecule has 0 atom stereocenters. The van der Waals surface area contributed by atoms with E-state index in [0.717, 1.165) is 27.9 Å². The van der Waals surface area contributed by atoms with Gasteiger partial charge in [-0.3, -0.25) is 0 Å². The summed E-state index contributed by atoms with van der Waals surface area (Å²) in [5.74, 6) is 0. The zero-order valence-corrected chi connectivity index (χ0v) is 10.1. The molecule has 0 aliphatic carbocycles. The number of hydrogen-bond donors (Lipinski definition) is 2. The number of nitrogens with zero attached hydrogens (tertiary/aromatic N) is 3. The van der Waals surface area contributed by atoms with Crippen molar-refractivity contribution in [3.05, 3.63) is 47.9 Å². The number of nitrogens with one attached hydrogen (secondary N) is 1. The number of aromatic amines is 1. The first-order valence-electron chi connectivity index (χ1n) is 5.85. The topological polar surface area (TPSA) is 91.4 Å². The van der Waals surface area contributed by atoms with Gasteiger partial charge in [0, 0.05) is 23.7 Å². The molecule has 2 heterocycles. The number of H-pyrrole nitrogens is 1. The smallest absolute Gasteiger partial charge is 0.141 e. The van der Waals surface area contributed by atoms with Gasteiger partial charge >= 0.3 is 0 Å². The van der Waals surface area contributed by atoms with Gasteiger partial charge in [0.2, 0.25) is 0 Å². The van der Waals surface area contributed by atoms with E-state index in [1.165, 1.54) is 6.33 Å². The van der Waals surface area contributed by atoms with Gasteiger partial charge < -0.3 is 10.7 Å². The Kier molecular flexibility index (Phi) is 2.71. The maximum absolute atomic E-state index is 9.15. The molecule has 2 aromatic heterocycles. The SMILES string of the molecule is N#Cc1cc(-c2ncnc3[nH]ccc23)ccc1CN. The summed E-state index contributed by atoms with van der Waals surface area (Å²) >= 11 is 0. The molecule has 3 aromatic rings. The van der Waals surface area contributed by atoms with Crippen molar-refractivity contribution >= 4 is 11.0 Å². The highest BCUT2D eigenvalue weighted by Crippen LogP contribution is 2.26. The molecule has 0 fully saturated rings. The molecular weight excluding hydrogens is 238 g/mol. The summed E-state index contributed by atoms with van der Waals surface area (Å²) in [4.78, 5) is 11.5. The minimum absolute atomic E-state index is 0.354. The fourth-order valence-corrected chi connectivity index (χ4v) is 2.11. The second-order valence-electron chi connectivity index (χ2n) is 4.15. The third-order valence-corrected chi connectivity index (χ3v) is 3.08. The lowest BCUT2D eigenvalue weighted by Gasteiger charge is -2.05. The van der Waals surface area contributed by atoms with Crippen molar-refractivity contribution in [1.82, 2.24) is 15.0 Å². The largest absolute Gasteiger partial charge is 0.346 e. The van der Waals surface area contributed by atoms with Crippen LogP contribution in [0.15, 0.2) is 36.8 Å². The Labute approximate surface area is 109 Å². The van der Waals surface area contributed by atoms with Crippen LogP contribution in [0.4, 0.5) is 0 Å². The Bertz CT molecular complexity index is 782. The zero-order valence-electron chi connectivity index (χ0n) is 10.1. The third kappa shape index (κ3) is 1.84. The molecule has 19 heavy (non-hydrogen) atoms. The number of rotatable bonds is 2. The number of aromatic nitrogens is 3. The number of hydrogen-bond acceptors (Lipinski definition) is 4. The maximum Gasteiger partial charge on any atom is 0.141 e. The second-order valence-corrected chi connectivity index (χ2v) is 4.15. The van der Waals surface area contributed by atoms with Crippen LogP contribution < -0.4 is 5.73 Å². The summed E-state index contributed by atoms with van der Waals surface area (Å²) in [7, 11) is 0. The Hall–Kier alpha value is -2.71. The predicted molar refractivity (Wildman–Crippen MR) is 71.9 cm³/mol. The van der Waals surface area contributed by atoms with Crippen LogP contribution in [0.25, 0.3) is 22.3 Å². The fraction of sp³-hybridized carbons (Fsp3) is 0.0714. The van der Waals surface area contributed by atoms with Gasteiger partial charge in [0.05, 0.1) is 17.3 Å². The van der Waals surface area contributed by atoms with Crippen LogP contribution in [0.3, 0.4) is 0 Å². The van der Waals surface area contributed by atoms with Crippen molar-refractivity contribution in [2.24, 2.45) is 5.73 Å². The summed E-state index contributed by atoms with van der Waals surface area (Å²) in [5.41, 5.74) is 9.52. The molecule has 0 bridgehead atoms. The molecule has 0 saturated heterocycles. The lowest BCUT2D eigenvalue weighted by Crippen LogP contribution is -1.99. The molecule has 5 nitrogen and oxygen atoms in total. The second kappa shape index (κ2) is 4.52. The Balaban J connectivity index is 2.22. The highest BCUT2D eigenvalue weighted by Gasteiger charge is 2.09. The summed E-state index contributed by atoms with van der Waals surface area (Å²) in [6, 6.07) is 9.71. The molecule has 0 aliphatic rings. The lowest BCUT2D eigenvalue weighted by atomic mass is 10.0. The first kappa shape index (κ1) is 11.4. The van der Waals surface area contributed by atoms with Crippen molar-refractivity contribution < 1.29 is 0 Å². The van der Waals surface area contributed by atoms with E-state index in [2.05, 4.69) is 21.0 Å². The van der Waals surface area contributed by atoms with Gasteiger partial charge in [0.25, 0.3) is 0 Å². The number of nitrogens with two attached hydrogens (primary N) is 1. The van der Waals surface area contributed by atoms with E-state index >= 15 is 0 Å². The van der Waals surface area contributed by atoms with Crippen LogP contribution >= 0.6 is 0 Å². The average Bonchev–Trinajstić information content (AvgIpc) is 2.94. The normalized spacial score (nSPS) is 10.5. The predicted octanol–water partition coefficient (Wildman–Crippen LogP) is 1.96. The molecule has 0 unspecified atom stereocenters. The molecule has 0 spiro atoms. The van der Waals surface area contributed by atoms with E-state index in [1.54, 1.807) is 0 Å². The molecule has 1 aromatic carbocycles. The lowest BCUT2D eigenvalue weighted by molar-refractivity contribution is 1.06. The van der Waals surface area contributed by atoms with Crippen LogP contribution in [-0.2, 0) is 6.54 Å². The van der Waals surface area contributed by atoms with Crippen molar-refractivity contribution in [3.8, 4) is 17.3 Å². The minimum Gasteiger partial charge on any atom is -0.346 e. The Morgan fingerprint density at radius 1 is 1.26 bits per heavy atom. The molecular formula is C14H11N5. The molecule has 3 N–H and O–H groups in total. The molecule has 92 valence electrons. The highest BCUT2D eigenvalue weighted by atomic mass is 14.9. The Morgan fingerprint density at radius 2 is 2.16 bits per heavy atom. The summed E-state index contributed by atoms with van der Waals surface area (Å²) in [6.07, 6.45) is 3.33. The molecule has 0 radical (unpaired) electrons. The van der Waals surface area contributed by atoms with Crippen LogP contribution in [0.5, 0.6) is 0 Å². The van der Waals surface area contributed by atoms with Crippen molar-refractivity contribution in [1.29, 1.82) is 5.26 Å². The van der Waals surface area contributed by atoms with Crippen molar-refractivity contribution in [2.75, 3.05) is 0 Å². The molecule has 3 rings (SSSR count). The monoisotopic (exact) mass is 249 g/mol. The van der Waals surface area contributed by atoms with E-state index in [4.69, 9.17) is 11.0 Å². The standard InChI is InChI=1S/C14H11N5/c15-6-10-2-1-9(5-11(10)7-16)13-12-3-4-17-14(12)19-8-18-13/h1-5,8H,6,15H2,(H,17,18,19). The van der Waals surface area contributed by atoms with Gasteiger partial charge in [-0.25, -0.2) is 9.97 Å². The maximum atomic E-state index is 9.15. The van der Waals surface area contributed by atoms with Crippen LogP contribution in [0, 0.1) is 11.3 Å². The number of benzene rings is 1. The summed E-state index contributed by atoms with van der Waals surface area (Å²) < 4.78 is 0. The van der Waals surface area contributed by atoms with E-state index in [9.17, 15) is 0 Å². The summed E-state index contributed by atoms with van der Waals surface area (Å²) in [6.45, 7) is 0.354. The van der Waals surface area contributed by atoms with Gasteiger partial charge in [-0.1, -0.05) is 12.1 Å². The Morgan fingerprint density at radius 3 is 2.95 bits per heavy atom. The molecule has 0 amide bonds. The number of fused-ring (bicyclic) bond motifs is 1. The quantitative estimate of drug-likeness (QED) is 0.726. The minimum atomic E-state index is 0.354. The van der Waals surface area contributed by atoms with E-state index in [0.29, 0.717) is 12.1 Å². The average molecular weight is 249 g/mol. The fourth-order valence-electron chi connectivity index (χ4n) is 2.11. The van der Waals surface area contributed by atoms with Gasteiger partial charge in [-0.05, 0) is 17.7 Å². The third-order valence-electron chi connectivity index (χ3n) is 3.08. The van der Waals surface area contributed by atoms with Gasteiger partial charge in [-0.15, -0.1) is 0 Å². The highest BCUT2D eigenvalue weighted by molar-refractivity contribution is 5.90. The first-order chi connectivity index (χ1) is 9.33. The van der Waals surface area contributed by atoms with Gasteiger partial charge in [0.15, 0.2) is 0 Å². The van der Waals surface area contributed by atoms with Crippen LogP contribution in [0.1, 0.15) is 11.1 Å². The summed E-state index contributed by atoms with van der Waals surface area (Å²) in [5, 5.41) is 10.1. The zero-order chi connectivity index (χ0) is 13.2. The van der Waals surface area contributed by atoms with E-state index < -0.39 is 0 Å². The molecule has 0 aliphatic heterocycles. The van der Waals surface area contributed by atoms with Crippen molar-refractivity contribution in [3.63, 3.8) is 0 Å². The molecule has 5 heteroatoms. The van der Waals surface area contributed by atoms with Crippen LogP contribution in [-0.4, -0.2) is 15.0 Å². The van der Waals surface area contributed by atoms with Crippen molar-refractivity contribution in [2.45, 2.75) is 6.54 Å². The van der Waals surface area contributed by atoms with Gasteiger partial charge in [-0.2, -0.15) is 5.26 Å². The number of nitriles is 1. The van der Waals surface area contributed by atoms with Crippen LogP contribution in [0.2, 0.25) is 0 Å². The van der Waals surface area contributed by atoms with Gasteiger partial charge in [0.1, 0.15) is 12.0 Å². The first-order valence-corrected chi connectivity index (χ1v) is 5.85. The van der Waals surface area contributed by atoms with E-state index in [-0.39, 0.29) is 0 Å². The molecule has 0 saturated carbocycles. The van der Waals surface area contributed by atoms with E-state index in [1.807, 2.05) is 30.5 Å².